The third-order valence-corrected chi connectivity index (χ3v) is 6.92. The molecule has 3 aliphatic rings. The monoisotopic (exact) mass is 468 g/mol. The second-order valence-electron chi connectivity index (χ2n) is 9.12. The average Bonchev–Trinajstić information content (AvgIpc) is 3.31. The normalized spacial score (nSPS) is 21.3. The van der Waals surface area contributed by atoms with Gasteiger partial charge >= 0.3 is 0 Å². The van der Waals surface area contributed by atoms with E-state index in [1.165, 1.54) is 6.42 Å². The average molecular weight is 469 g/mol. The summed E-state index contributed by atoms with van der Waals surface area (Å²) >= 11 is 0. The molecule has 0 aromatic carbocycles. The number of rotatable bonds is 7. The standard InChI is InChI=1S/C27H28N6O2/c1-3-34-22-11-23(26-21(12-28-2)14-31-33(26)17-22)18-7-8-24(30-13-18)32-15-19-10-20(16-32)27(19)35-25-6-4-5-9-29-25/h4-9,11-14,17,19-20,27H,3,10,15-16H2,1-2H3/t19-,20?,27?/m1/s1. The maximum absolute atomic E-state index is 6.18. The van der Waals surface area contributed by atoms with Crippen molar-refractivity contribution < 1.29 is 9.47 Å². The Morgan fingerprint density at radius 1 is 1.11 bits per heavy atom. The molecule has 3 fully saturated rings. The molecule has 1 saturated carbocycles. The van der Waals surface area contributed by atoms with Gasteiger partial charge < -0.3 is 14.4 Å². The second kappa shape index (κ2) is 9.02. The molecule has 2 unspecified atom stereocenters. The minimum Gasteiger partial charge on any atom is -0.492 e. The molecule has 1 aliphatic carbocycles. The van der Waals surface area contributed by atoms with E-state index < -0.39 is 0 Å². The smallest absolute Gasteiger partial charge is 0.213 e. The van der Waals surface area contributed by atoms with Gasteiger partial charge in [0.1, 0.15) is 17.7 Å². The van der Waals surface area contributed by atoms with Crippen LogP contribution in [0.2, 0.25) is 0 Å². The predicted octanol–water partition coefficient (Wildman–Crippen LogP) is 4.14. The molecule has 6 heterocycles. The van der Waals surface area contributed by atoms with Gasteiger partial charge in [-0.15, -0.1) is 0 Å². The Hall–Kier alpha value is -3.94. The van der Waals surface area contributed by atoms with E-state index in [0.29, 0.717) is 18.4 Å². The summed E-state index contributed by atoms with van der Waals surface area (Å²) in [6, 6.07) is 12.1. The topological polar surface area (TPSA) is 77.1 Å². The molecule has 8 nitrogen and oxygen atoms in total. The fourth-order valence-electron chi connectivity index (χ4n) is 5.33. The van der Waals surface area contributed by atoms with Gasteiger partial charge in [-0.2, -0.15) is 5.10 Å². The van der Waals surface area contributed by atoms with Gasteiger partial charge in [0.05, 0.1) is 24.5 Å². The lowest BCUT2D eigenvalue weighted by Crippen LogP contribution is -2.60. The van der Waals surface area contributed by atoms with E-state index in [0.717, 1.165) is 52.7 Å². The van der Waals surface area contributed by atoms with Crippen LogP contribution in [0.3, 0.4) is 0 Å². The Bertz CT molecular complexity index is 1340. The summed E-state index contributed by atoms with van der Waals surface area (Å²) in [5.41, 5.74) is 3.99. The number of fused-ring (bicyclic) bond motifs is 3. The highest BCUT2D eigenvalue weighted by Crippen LogP contribution is 2.43. The number of aliphatic imine (C=N–C) groups is 1. The first-order chi connectivity index (χ1) is 17.2. The number of anilines is 1. The second-order valence-corrected chi connectivity index (χ2v) is 9.12. The van der Waals surface area contributed by atoms with Crippen molar-refractivity contribution in [2.45, 2.75) is 19.4 Å². The van der Waals surface area contributed by atoms with E-state index in [1.54, 1.807) is 13.2 Å². The van der Waals surface area contributed by atoms with Gasteiger partial charge in [-0.05, 0) is 37.6 Å². The Balaban J connectivity index is 1.23. The Labute approximate surface area is 204 Å². The zero-order valence-electron chi connectivity index (χ0n) is 19.9. The third-order valence-electron chi connectivity index (χ3n) is 6.92. The van der Waals surface area contributed by atoms with Crippen molar-refractivity contribution in [1.29, 1.82) is 0 Å². The van der Waals surface area contributed by atoms with Gasteiger partial charge in [0, 0.05) is 73.3 Å². The van der Waals surface area contributed by atoms with Crippen molar-refractivity contribution in [2.75, 3.05) is 31.6 Å². The number of pyridine rings is 3. The molecule has 2 bridgehead atoms. The number of ether oxygens (including phenoxy) is 2. The van der Waals surface area contributed by atoms with E-state index in [2.05, 4.69) is 38.2 Å². The highest BCUT2D eigenvalue weighted by molar-refractivity contribution is 5.96. The van der Waals surface area contributed by atoms with Crippen LogP contribution < -0.4 is 14.4 Å². The molecule has 2 aliphatic heterocycles. The molecule has 35 heavy (non-hydrogen) atoms. The summed E-state index contributed by atoms with van der Waals surface area (Å²) in [5, 5.41) is 4.51. The lowest BCUT2D eigenvalue weighted by molar-refractivity contribution is -0.0367. The van der Waals surface area contributed by atoms with Gasteiger partial charge in [-0.25, -0.2) is 14.5 Å². The van der Waals surface area contributed by atoms with Gasteiger partial charge in [0.25, 0.3) is 0 Å². The number of hydrogen-bond acceptors (Lipinski definition) is 7. The number of piperidine rings is 2. The van der Waals surface area contributed by atoms with Crippen LogP contribution in [0, 0.1) is 11.8 Å². The van der Waals surface area contributed by atoms with Crippen LogP contribution in [0.5, 0.6) is 11.6 Å². The van der Waals surface area contributed by atoms with E-state index >= 15 is 0 Å². The van der Waals surface area contributed by atoms with Crippen molar-refractivity contribution in [3.05, 3.63) is 66.7 Å². The molecule has 8 heteroatoms. The molecule has 0 N–H and O–H groups in total. The molecule has 0 radical (unpaired) electrons. The minimum atomic E-state index is 0.246. The molecule has 7 rings (SSSR count). The third kappa shape index (κ3) is 3.99. The fraction of sp³-hybridized carbons (Fsp3) is 0.333. The van der Waals surface area contributed by atoms with E-state index in [-0.39, 0.29) is 6.10 Å². The molecule has 0 amide bonds. The lowest BCUT2D eigenvalue weighted by atomic mass is 9.68. The zero-order valence-corrected chi connectivity index (χ0v) is 19.9. The minimum absolute atomic E-state index is 0.246. The molecule has 178 valence electrons. The van der Waals surface area contributed by atoms with Crippen LogP contribution in [-0.4, -0.2) is 58.6 Å². The van der Waals surface area contributed by atoms with Gasteiger partial charge in [-0.3, -0.25) is 4.99 Å². The van der Waals surface area contributed by atoms with Crippen molar-refractivity contribution in [3.63, 3.8) is 0 Å². The largest absolute Gasteiger partial charge is 0.492 e. The summed E-state index contributed by atoms with van der Waals surface area (Å²) in [6.07, 6.45) is 10.7. The molecule has 0 spiro atoms. The Kier molecular flexibility index (Phi) is 5.56. The van der Waals surface area contributed by atoms with Gasteiger partial charge in [-0.1, -0.05) is 6.07 Å². The van der Waals surface area contributed by atoms with Gasteiger partial charge in [0.15, 0.2) is 0 Å². The zero-order chi connectivity index (χ0) is 23.8. The number of hydrogen-bond donors (Lipinski definition) is 0. The Morgan fingerprint density at radius 2 is 2.00 bits per heavy atom. The van der Waals surface area contributed by atoms with Crippen molar-refractivity contribution >= 4 is 17.5 Å². The summed E-state index contributed by atoms with van der Waals surface area (Å²) in [4.78, 5) is 15.7. The highest BCUT2D eigenvalue weighted by Gasteiger charge is 2.48. The summed E-state index contributed by atoms with van der Waals surface area (Å²) in [6.45, 7) is 4.47. The van der Waals surface area contributed by atoms with Crippen LogP contribution in [0.25, 0.3) is 16.6 Å². The summed E-state index contributed by atoms with van der Waals surface area (Å²) < 4.78 is 13.8. The predicted molar refractivity (Wildman–Crippen MR) is 136 cm³/mol. The first-order valence-corrected chi connectivity index (χ1v) is 12.1. The SMILES string of the molecule is CCOc1cc(-c2ccc(N3CC4C[C@H](C3)C4Oc3ccccn3)nc2)c2c(C=NC)cnn2c1. The maximum Gasteiger partial charge on any atom is 0.213 e. The Morgan fingerprint density at radius 3 is 2.71 bits per heavy atom. The van der Waals surface area contributed by atoms with Crippen LogP contribution >= 0.6 is 0 Å². The van der Waals surface area contributed by atoms with E-state index in [4.69, 9.17) is 14.5 Å². The lowest BCUT2D eigenvalue weighted by Gasteiger charge is -2.53. The van der Waals surface area contributed by atoms with Crippen LogP contribution in [0.15, 0.2) is 66.2 Å². The van der Waals surface area contributed by atoms with Crippen molar-refractivity contribution in [3.8, 4) is 22.8 Å². The quantitative estimate of drug-likeness (QED) is 0.380. The first-order valence-electron chi connectivity index (χ1n) is 12.1. The first kappa shape index (κ1) is 21.6. The highest BCUT2D eigenvalue weighted by atomic mass is 16.5. The maximum atomic E-state index is 6.18. The number of nitrogens with zero attached hydrogens (tertiary/aromatic N) is 6. The van der Waals surface area contributed by atoms with Crippen LogP contribution in [0.1, 0.15) is 18.9 Å². The van der Waals surface area contributed by atoms with E-state index in [1.807, 2.05) is 54.4 Å². The molecule has 3 atom stereocenters. The number of aromatic nitrogens is 4. The fourth-order valence-corrected chi connectivity index (χ4v) is 5.33. The van der Waals surface area contributed by atoms with Crippen molar-refractivity contribution in [1.82, 2.24) is 19.6 Å². The molecular formula is C27H28N6O2. The van der Waals surface area contributed by atoms with Crippen LogP contribution in [0.4, 0.5) is 5.82 Å². The van der Waals surface area contributed by atoms with E-state index in [9.17, 15) is 0 Å². The molecule has 4 aromatic heterocycles. The van der Waals surface area contributed by atoms with Crippen molar-refractivity contribution in [2.24, 2.45) is 16.8 Å². The van der Waals surface area contributed by atoms with Crippen LogP contribution in [-0.2, 0) is 0 Å². The summed E-state index contributed by atoms with van der Waals surface area (Å²) in [5.74, 6) is 3.50. The molecular weight excluding hydrogens is 440 g/mol. The molecule has 2 saturated heterocycles. The summed E-state index contributed by atoms with van der Waals surface area (Å²) in [7, 11) is 1.77. The van der Waals surface area contributed by atoms with Gasteiger partial charge in [0.2, 0.25) is 5.88 Å². The molecule has 4 aromatic rings.